The van der Waals surface area contributed by atoms with E-state index in [1.54, 1.807) is 9.25 Å². The highest BCUT2D eigenvalue weighted by Crippen LogP contribution is 2.24. The first-order chi connectivity index (χ1) is 16.2. The summed E-state index contributed by atoms with van der Waals surface area (Å²) >= 11 is 0. The number of hydrogen-bond acceptors (Lipinski definition) is 5. The Morgan fingerprint density at radius 1 is 1.00 bits per heavy atom. The van der Waals surface area contributed by atoms with Gasteiger partial charge in [0.25, 0.3) is 0 Å². The topological polar surface area (TPSA) is 94.3 Å². The first kappa shape index (κ1) is 22.4. The lowest BCUT2D eigenvalue weighted by Gasteiger charge is -2.07. The SMILES string of the molecule is CCC=Cc1nn(CCCCC)c(=O)n1Cc1ccc(-c2cccc(-c3nnn[nH]3)c2)cc1. The van der Waals surface area contributed by atoms with E-state index in [1.807, 2.05) is 24.3 Å². The molecule has 0 fully saturated rings. The fourth-order valence-electron chi connectivity index (χ4n) is 3.72. The number of unbranched alkanes of at least 4 members (excludes halogenated alkanes) is 2. The van der Waals surface area contributed by atoms with Gasteiger partial charge in [-0.2, -0.15) is 5.10 Å². The predicted molar refractivity (Wildman–Crippen MR) is 129 cm³/mol. The Kier molecular flexibility index (Phi) is 7.24. The van der Waals surface area contributed by atoms with Gasteiger partial charge in [-0.15, -0.1) is 5.10 Å². The van der Waals surface area contributed by atoms with Gasteiger partial charge < -0.3 is 0 Å². The predicted octanol–water partition coefficient (Wildman–Crippen LogP) is 4.55. The highest BCUT2D eigenvalue weighted by Gasteiger charge is 2.12. The average molecular weight is 444 g/mol. The summed E-state index contributed by atoms with van der Waals surface area (Å²) < 4.78 is 3.36. The quantitative estimate of drug-likeness (QED) is 0.363. The Morgan fingerprint density at radius 2 is 1.82 bits per heavy atom. The van der Waals surface area contributed by atoms with Gasteiger partial charge >= 0.3 is 5.69 Å². The molecule has 0 atom stereocenters. The summed E-state index contributed by atoms with van der Waals surface area (Å²) in [5.74, 6) is 1.34. The molecule has 33 heavy (non-hydrogen) atoms. The molecule has 8 heteroatoms. The molecule has 0 amide bonds. The van der Waals surface area contributed by atoms with Gasteiger partial charge in [-0.3, -0.25) is 4.57 Å². The third-order valence-corrected chi connectivity index (χ3v) is 5.54. The monoisotopic (exact) mass is 443 g/mol. The maximum absolute atomic E-state index is 13.0. The minimum Gasteiger partial charge on any atom is -0.271 e. The minimum absolute atomic E-state index is 0.0562. The number of H-pyrrole nitrogens is 1. The van der Waals surface area contributed by atoms with Crippen LogP contribution in [0.15, 0.2) is 59.4 Å². The summed E-state index contributed by atoms with van der Waals surface area (Å²) in [6.45, 7) is 5.37. The van der Waals surface area contributed by atoms with Crippen LogP contribution < -0.4 is 5.69 Å². The third-order valence-electron chi connectivity index (χ3n) is 5.54. The van der Waals surface area contributed by atoms with E-state index in [1.165, 1.54) is 0 Å². The van der Waals surface area contributed by atoms with Crippen molar-refractivity contribution in [2.45, 2.75) is 52.6 Å². The summed E-state index contributed by atoms with van der Waals surface area (Å²) in [6.07, 6.45) is 8.04. The maximum atomic E-state index is 13.0. The first-order valence-electron chi connectivity index (χ1n) is 11.5. The molecule has 0 spiro atoms. The normalized spacial score (nSPS) is 11.5. The van der Waals surface area contributed by atoms with Crippen LogP contribution in [0.2, 0.25) is 0 Å². The minimum atomic E-state index is -0.0562. The fraction of sp³-hybridized carbons (Fsp3) is 0.320. The molecule has 0 aliphatic heterocycles. The van der Waals surface area contributed by atoms with Gasteiger partial charge in [-0.25, -0.2) is 14.6 Å². The van der Waals surface area contributed by atoms with Gasteiger partial charge in [0, 0.05) is 12.1 Å². The van der Waals surface area contributed by atoms with E-state index in [-0.39, 0.29) is 5.69 Å². The highest BCUT2D eigenvalue weighted by atomic mass is 16.2. The molecule has 4 rings (SSSR count). The van der Waals surface area contributed by atoms with Crippen LogP contribution in [-0.4, -0.2) is 35.0 Å². The van der Waals surface area contributed by atoms with Gasteiger partial charge in [0.15, 0.2) is 11.6 Å². The number of tetrazole rings is 1. The number of benzene rings is 2. The van der Waals surface area contributed by atoms with Crippen LogP contribution in [0.25, 0.3) is 28.6 Å². The molecule has 0 unspecified atom stereocenters. The largest absolute Gasteiger partial charge is 0.346 e. The number of nitrogens with zero attached hydrogens (tertiary/aromatic N) is 6. The molecular weight excluding hydrogens is 414 g/mol. The summed E-state index contributed by atoms with van der Waals surface area (Å²) in [5, 5.41) is 18.6. The lowest BCUT2D eigenvalue weighted by Crippen LogP contribution is -2.25. The van der Waals surface area contributed by atoms with Gasteiger partial charge in [0.05, 0.1) is 6.54 Å². The van der Waals surface area contributed by atoms with Crippen LogP contribution in [0, 0.1) is 0 Å². The average Bonchev–Trinajstić information content (AvgIpc) is 3.48. The standard InChI is InChI=1S/C25H29N7O/c1-3-5-7-16-32-25(33)31(23(28-32)11-6-4-2)18-19-12-14-20(15-13-19)21-9-8-10-22(17-21)24-26-29-30-27-24/h6,8-15,17H,3-5,7,16,18H2,1-2H3,(H,26,27,29,30). The number of allylic oxidation sites excluding steroid dienone is 1. The van der Waals surface area contributed by atoms with Crippen molar-refractivity contribution in [3.63, 3.8) is 0 Å². The second-order valence-corrected chi connectivity index (χ2v) is 8.00. The zero-order valence-electron chi connectivity index (χ0n) is 19.1. The van der Waals surface area contributed by atoms with E-state index < -0.39 is 0 Å². The highest BCUT2D eigenvalue weighted by molar-refractivity contribution is 5.70. The Morgan fingerprint density at radius 3 is 2.55 bits per heavy atom. The zero-order chi connectivity index (χ0) is 23.0. The lowest BCUT2D eigenvalue weighted by atomic mass is 10.0. The summed E-state index contributed by atoms with van der Waals surface area (Å²) in [5.41, 5.74) is 4.08. The van der Waals surface area contributed by atoms with Crippen molar-refractivity contribution in [3.8, 4) is 22.5 Å². The van der Waals surface area contributed by atoms with Crippen LogP contribution in [0.1, 0.15) is 50.9 Å². The summed E-state index contributed by atoms with van der Waals surface area (Å²) in [7, 11) is 0. The van der Waals surface area contributed by atoms with Gasteiger partial charge in [-0.1, -0.05) is 75.2 Å². The second kappa shape index (κ2) is 10.7. The Balaban J connectivity index is 1.56. The number of aryl methyl sites for hydroxylation is 1. The summed E-state index contributed by atoms with van der Waals surface area (Å²) in [4.78, 5) is 13.0. The molecule has 2 heterocycles. The van der Waals surface area contributed by atoms with Crippen molar-refractivity contribution >= 4 is 6.08 Å². The molecule has 0 radical (unpaired) electrons. The van der Waals surface area contributed by atoms with E-state index in [0.717, 1.165) is 47.9 Å². The lowest BCUT2D eigenvalue weighted by molar-refractivity contribution is 0.531. The van der Waals surface area contributed by atoms with Gasteiger partial charge in [0.2, 0.25) is 0 Å². The van der Waals surface area contributed by atoms with Gasteiger partial charge in [-0.05, 0) is 52.1 Å². The molecule has 0 aliphatic carbocycles. The molecule has 0 saturated heterocycles. The van der Waals surface area contributed by atoms with Crippen molar-refractivity contribution < 1.29 is 0 Å². The number of aromatic amines is 1. The van der Waals surface area contributed by atoms with E-state index in [0.29, 0.717) is 24.7 Å². The van der Waals surface area contributed by atoms with Crippen molar-refractivity contribution in [1.29, 1.82) is 0 Å². The second-order valence-electron chi connectivity index (χ2n) is 8.00. The van der Waals surface area contributed by atoms with Gasteiger partial charge in [0.1, 0.15) is 0 Å². The first-order valence-corrected chi connectivity index (χ1v) is 11.5. The molecule has 0 saturated carbocycles. The zero-order valence-corrected chi connectivity index (χ0v) is 19.1. The van der Waals surface area contributed by atoms with Crippen LogP contribution in [0.5, 0.6) is 0 Å². The van der Waals surface area contributed by atoms with E-state index in [4.69, 9.17) is 0 Å². The van der Waals surface area contributed by atoms with Crippen LogP contribution in [0.4, 0.5) is 0 Å². The number of hydrogen-bond donors (Lipinski definition) is 1. The maximum Gasteiger partial charge on any atom is 0.346 e. The van der Waals surface area contributed by atoms with E-state index in [2.05, 4.69) is 76.0 Å². The van der Waals surface area contributed by atoms with Crippen molar-refractivity contribution in [2.75, 3.05) is 0 Å². The molecule has 170 valence electrons. The third kappa shape index (κ3) is 5.34. The molecule has 1 N–H and O–H groups in total. The van der Waals surface area contributed by atoms with Crippen LogP contribution in [0.3, 0.4) is 0 Å². The van der Waals surface area contributed by atoms with E-state index in [9.17, 15) is 4.79 Å². The Bertz CT molecular complexity index is 1250. The van der Waals surface area contributed by atoms with Crippen molar-refractivity contribution in [3.05, 3.63) is 76.5 Å². The van der Waals surface area contributed by atoms with E-state index >= 15 is 0 Å². The molecule has 2 aromatic carbocycles. The summed E-state index contributed by atoms with van der Waals surface area (Å²) in [6, 6.07) is 16.3. The fourth-order valence-corrected chi connectivity index (χ4v) is 3.72. The molecule has 4 aromatic rings. The Labute approximate surface area is 193 Å². The van der Waals surface area contributed by atoms with Crippen LogP contribution >= 0.6 is 0 Å². The smallest absolute Gasteiger partial charge is 0.271 e. The Hall–Kier alpha value is -3.81. The van der Waals surface area contributed by atoms with Crippen molar-refractivity contribution in [2.24, 2.45) is 0 Å². The number of nitrogens with one attached hydrogen (secondary N) is 1. The molecule has 0 bridgehead atoms. The molecular formula is C25H29N7O. The molecule has 0 aliphatic rings. The number of aromatic nitrogens is 7. The molecule has 8 nitrogen and oxygen atoms in total. The molecule has 2 aromatic heterocycles. The van der Waals surface area contributed by atoms with Crippen molar-refractivity contribution in [1.82, 2.24) is 35.0 Å². The van der Waals surface area contributed by atoms with Crippen LogP contribution in [-0.2, 0) is 13.1 Å². The number of rotatable bonds is 10.